The Kier molecular flexibility index (Phi) is 9.61. The predicted octanol–water partition coefficient (Wildman–Crippen LogP) is 9.00. The molecule has 0 spiro atoms. The molecular formula is C24H36I2S2Si. The van der Waals surface area contributed by atoms with Gasteiger partial charge in [-0.3, -0.25) is 0 Å². The summed E-state index contributed by atoms with van der Waals surface area (Å²) in [5.41, 5.74) is 0. The summed E-state index contributed by atoms with van der Waals surface area (Å²) in [7, 11) is -1.69. The van der Waals surface area contributed by atoms with Crippen LogP contribution in [0.25, 0.3) is 9.75 Å². The van der Waals surface area contributed by atoms with Gasteiger partial charge in [-0.15, -0.1) is 22.7 Å². The maximum absolute atomic E-state index is 2.62. The summed E-state index contributed by atoms with van der Waals surface area (Å²) in [6, 6.07) is 8.22. The highest BCUT2D eigenvalue weighted by Crippen LogP contribution is 2.45. The molecule has 0 saturated heterocycles. The van der Waals surface area contributed by atoms with E-state index in [4.69, 9.17) is 0 Å². The number of fused-ring (bicyclic) bond motifs is 3. The highest BCUT2D eigenvalue weighted by atomic mass is 127. The van der Waals surface area contributed by atoms with Gasteiger partial charge in [-0.05, 0) is 91.6 Å². The van der Waals surface area contributed by atoms with Crippen molar-refractivity contribution in [3.63, 3.8) is 0 Å². The highest BCUT2D eigenvalue weighted by Gasteiger charge is 2.49. The molecule has 2 aromatic rings. The molecule has 162 valence electrons. The van der Waals surface area contributed by atoms with E-state index in [0.29, 0.717) is 0 Å². The third-order valence-electron chi connectivity index (χ3n) is 7.00. The molecule has 29 heavy (non-hydrogen) atoms. The van der Waals surface area contributed by atoms with E-state index in [1.165, 1.54) is 69.2 Å². The Morgan fingerprint density at radius 3 is 1.52 bits per heavy atom. The van der Waals surface area contributed by atoms with Crippen molar-refractivity contribution in [1.29, 1.82) is 0 Å². The van der Waals surface area contributed by atoms with Crippen LogP contribution in [0, 0.1) is 17.6 Å². The van der Waals surface area contributed by atoms with Gasteiger partial charge in [-0.1, -0.05) is 79.1 Å². The second kappa shape index (κ2) is 11.3. The minimum Gasteiger partial charge on any atom is -0.128 e. The van der Waals surface area contributed by atoms with Crippen LogP contribution in [-0.4, -0.2) is 8.07 Å². The molecule has 3 rings (SSSR count). The number of unbranched alkanes of at least 4 members (excludes halogenated alkanes) is 2. The fraction of sp³-hybridized carbons (Fsp3) is 0.667. The third kappa shape index (κ3) is 5.36. The van der Waals surface area contributed by atoms with E-state index in [2.05, 4.69) is 108 Å². The van der Waals surface area contributed by atoms with E-state index in [1.54, 1.807) is 9.75 Å². The van der Waals surface area contributed by atoms with Crippen molar-refractivity contribution in [3.8, 4) is 9.75 Å². The lowest BCUT2D eigenvalue weighted by atomic mass is 10.0. The van der Waals surface area contributed by atoms with Crippen LogP contribution in [0.4, 0.5) is 0 Å². The second-order valence-corrected chi connectivity index (χ2v) is 18.9. The van der Waals surface area contributed by atoms with Crippen LogP contribution in [0.2, 0.25) is 12.1 Å². The fourth-order valence-corrected chi connectivity index (χ4v) is 17.7. The van der Waals surface area contributed by atoms with E-state index < -0.39 is 8.07 Å². The molecule has 0 bridgehead atoms. The van der Waals surface area contributed by atoms with Crippen LogP contribution in [0.1, 0.15) is 79.1 Å². The monoisotopic (exact) mass is 670 g/mol. The molecule has 0 aliphatic carbocycles. The molecule has 2 unspecified atom stereocenters. The van der Waals surface area contributed by atoms with E-state index in [-0.39, 0.29) is 0 Å². The Balaban J connectivity index is 2.06. The largest absolute Gasteiger partial charge is 0.128 e. The van der Waals surface area contributed by atoms with Crippen molar-refractivity contribution in [2.75, 3.05) is 0 Å². The summed E-state index contributed by atoms with van der Waals surface area (Å²) in [6.07, 6.45) is 11.0. The second-order valence-electron chi connectivity index (χ2n) is 8.91. The molecule has 2 aromatic heterocycles. The van der Waals surface area contributed by atoms with Crippen molar-refractivity contribution in [3.05, 3.63) is 17.9 Å². The molecule has 0 radical (unpaired) electrons. The molecule has 0 saturated carbocycles. The lowest BCUT2D eigenvalue weighted by Crippen LogP contribution is -2.56. The lowest BCUT2D eigenvalue weighted by Gasteiger charge is -2.35. The molecule has 3 heterocycles. The Morgan fingerprint density at radius 1 is 0.759 bits per heavy atom. The first kappa shape index (κ1) is 24.7. The normalized spacial score (nSPS) is 16.6. The van der Waals surface area contributed by atoms with Gasteiger partial charge in [0.2, 0.25) is 0 Å². The van der Waals surface area contributed by atoms with Gasteiger partial charge < -0.3 is 0 Å². The van der Waals surface area contributed by atoms with Gasteiger partial charge >= 0.3 is 0 Å². The SMILES string of the molecule is CCCCC(CC)C[Si]1(CC(CC)CCCC)c2cc(I)sc2-c2sc(I)cc21. The number of hydrogen-bond donors (Lipinski definition) is 0. The minimum absolute atomic E-state index is 0.902. The van der Waals surface area contributed by atoms with Gasteiger partial charge in [0.05, 0.1) is 5.77 Å². The lowest BCUT2D eigenvalue weighted by molar-refractivity contribution is 0.469. The Morgan fingerprint density at radius 2 is 1.17 bits per heavy atom. The third-order valence-corrected chi connectivity index (χ3v) is 16.7. The summed E-state index contributed by atoms with van der Waals surface area (Å²) < 4.78 is 3.00. The van der Waals surface area contributed by atoms with Crippen LogP contribution in [0.3, 0.4) is 0 Å². The first-order valence-electron chi connectivity index (χ1n) is 11.6. The molecule has 0 aromatic carbocycles. The van der Waals surface area contributed by atoms with Crippen LogP contribution in [0.5, 0.6) is 0 Å². The van der Waals surface area contributed by atoms with E-state index >= 15 is 0 Å². The maximum Gasteiger partial charge on any atom is 0.122 e. The number of rotatable bonds is 12. The average Bonchev–Trinajstić information content (AvgIpc) is 3.34. The smallest absolute Gasteiger partial charge is 0.122 e. The van der Waals surface area contributed by atoms with Crippen molar-refractivity contribution in [2.45, 2.75) is 91.1 Å². The zero-order chi connectivity index (χ0) is 21.0. The van der Waals surface area contributed by atoms with Crippen molar-refractivity contribution < 1.29 is 0 Å². The van der Waals surface area contributed by atoms with Crippen LogP contribution < -0.4 is 10.4 Å². The zero-order valence-electron chi connectivity index (χ0n) is 18.5. The quantitative estimate of drug-likeness (QED) is 0.156. The van der Waals surface area contributed by atoms with E-state index in [0.717, 1.165) is 11.8 Å². The van der Waals surface area contributed by atoms with Gasteiger partial charge in [-0.2, -0.15) is 0 Å². The topological polar surface area (TPSA) is 0 Å². The Hall–Kier alpha value is 1.08. The Bertz CT molecular complexity index is 729. The summed E-state index contributed by atoms with van der Waals surface area (Å²) in [5, 5.41) is 3.66. The molecule has 0 nitrogen and oxygen atoms in total. The molecule has 0 N–H and O–H groups in total. The number of hydrogen-bond acceptors (Lipinski definition) is 2. The van der Waals surface area contributed by atoms with Gasteiger partial charge in [0.15, 0.2) is 0 Å². The number of thiophene rings is 2. The van der Waals surface area contributed by atoms with E-state index in [9.17, 15) is 0 Å². The first-order chi connectivity index (χ1) is 14.0. The van der Waals surface area contributed by atoms with Crippen molar-refractivity contribution in [2.24, 2.45) is 11.8 Å². The summed E-state index contributed by atoms with van der Waals surface area (Å²) >= 11 is 9.30. The summed E-state index contributed by atoms with van der Waals surface area (Å²) in [6.45, 7) is 9.60. The predicted molar refractivity (Wildman–Crippen MR) is 154 cm³/mol. The van der Waals surface area contributed by atoms with Crippen molar-refractivity contribution in [1.82, 2.24) is 0 Å². The van der Waals surface area contributed by atoms with E-state index in [1.807, 2.05) is 10.4 Å². The maximum atomic E-state index is 2.62. The molecule has 1 aliphatic rings. The minimum atomic E-state index is -1.69. The van der Waals surface area contributed by atoms with Crippen LogP contribution >= 0.6 is 67.9 Å². The zero-order valence-corrected chi connectivity index (χ0v) is 25.4. The standard InChI is InChI=1S/C24H36I2S2Si/c1-5-9-11-17(7-3)15-29(16-18(8-4)12-10-6-2)19-13-21(25)27-23(19)24-20(29)14-22(26)28-24/h13-14,17-18H,5-12,15-16H2,1-4H3. The highest BCUT2D eigenvalue weighted by molar-refractivity contribution is 14.1. The van der Waals surface area contributed by atoms with Gasteiger partial charge in [-0.25, -0.2) is 0 Å². The van der Waals surface area contributed by atoms with Gasteiger partial charge in [0.25, 0.3) is 0 Å². The molecule has 0 fully saturated rings. The summed E-state index contributed by atoms with van der Waals surface area (Å²) in [5.74, 6) is 1.80. The number of halogens is 2. The molecule has 5 heteroatoms. The molecular weight excluding hydrogens is 634 g/mol. The fourth-order valence-electron chi connectivity index (χ4n) is 5.31. The molecule has 0 amide bonds. The first-order valence-corrected chi connectivity index (χ1v) is 17.8. The van der Waals surface area contributed by atoms with Crippen LogP contribution in [0.15, 0.2) is 12.1 Å². The molecule has 1 aliphatic heterocycles. The Labute approximate surface area is 215 Å². The van der Waals surface area contributed by atoms with Crippen LogP contribution in [-0.2, 0) is 0 Å². The van der Waals surface area contributed by atoms with Gasteiger partial charge in [0.1, 0.15) is 8.07 Å². The molecule has 2 atom stereocenters. The average molecular weight is 671 g/mol. The summed E-state index contributed by atoms with van der Waals surface area (Å²) in [4.78, 5) is 3.33. The van der Waals surface area contributed by atoms with Gasteiger partial charge in [0, 0.05) is 9.75 Å². The van der Waals surface area contributed by atoms with Crippen molar-refractivity contribution >= 4 is 86.3 Å².